The van der Waals surface area contributed by atoms with E-state index in [1.165, 1.54) is 24.8 Å². The van der Waals surface area contributed by atoms with Crippen LogP contribution in [0.15, 0.2) is 28.7 Å². The van der Waals surface area contributed by atoms with E-state index < -0.39 is 0 Å². The fraction of sp³-hybridized carbons (Fsp3) is 0.647. The Kier molecular flexibility index (Phi) is 9.98. The molecule has 0 aromatic heterocycles. The molecule has 1 aromatic carbocycles. The number of hydrogen-bond donors (Lipinski definition) is 1. The maximum atomic E-state index is 5.71. The minimum Gasteiger partial charge on any atom is -0.377 e. The number of ether oxygens (including phenoxy) is 1. The standard InChI is InChI=1S/C17H28BrNO/c1-15(2)13-19-11-7-3-4-8-12-20-14-16-9-5-6-10-17(16)18/h5-6,9-10,15,19H,3-4,7-8,11-14H2,1-2H3. The molecule has 0 spiro atoms. The van der Waals surface area contributed by atoms with E-state index >= 15 is 0 Å². The van der Waals surface area contributed by atoms with Crippen LogP contribution in [-0.2, 0) is 11.3 Å². The predicted octanol–water partition coefficient (Wildman–Crippen LogP) is 4.77. The molecule has 114 valence electrons. The summed E-state index contributed by atoms with van der Waals surface area (Å²) in [4.78, 5) is 0. The number of benzene rings is 1. The van der Waals surface area contributed by atoms with Gasteiger partial charge in [0.2, 0.25) is 0 Å². The zero-order chi connectivity index (χ0) is 14.6. The molecule has 0 unspecified atom stereocenters. The lowest BCUT2D eigenvalue weighted by Gasteiger charge is -2.08. The maximum Gasteiger partial charge on any atom is 0.0727 e. The molecule has 1 rings (SSSR count). The first kappa shape index (κ1) is 17.7. The summed E-state index contributed by atoms with van der Waals surface area (Å²) in [6.45, 7) is 8.34. The van der Waals surface area contributed by atoms with Crippen LogP contribution in [-0.4, -0.2) is 19.7 Å². The molecule has 3 heteroatoms. The highest BCUT2D eigenvalue weighted by Crippen LogP contribution is 2.16. The predicted molar refractivity (Wildman–Crippen MR) is 90.0 cm³/mol. The largest absolute Gasteiger partial charge is 0.377 e. The van der Waals surface area contributed by atoms with Crippen LogP contribution in [0.2, 0.25) is 0 Å². The average molecular weight is 342 g/mol. The summed E-state index contributed by atoms with van der Waals surface area (Å²) in [6.07, 6.45) is 4.99. The molecule has 20 heavy (non-hydrogen) atoms. The van der Waals surface area contributed by atoms with E-state index in [-0.39, 0.29) is 0 Å². The number of unbranched alkanes of at least 4 members (excludes halogenated alkanes) is 3. The van der Waals surface area contributed by atoms with E-state index in [2.05, 4.69) is 47.2 Å². The molecular weight excluding hydrogens is 314 g/mol. The molecule has 0 saturated heterocycles. The fourth-order valence-corrected chi connectivity index (χ4v) is 2.40. The van der Waals surface area contributed by atoms with Crippen LogP contribution in [0.3, 0.4) is 0 Å². The Hall–Kier alpha value is -0.380. The first-order chi connectivity index (χ1) is 9.70. The van der Waals surface area contributed by atoms with Crippen molar-refractivity contribution in [3.8, 4) is 0 Å². The van der Waals surface area contributed by atoms with E-state index in [9.17, 15) is 0 Å². The summed E-state index contributed by atoms with van der Waals surface area (Å²) in [5.41, 5.74) is 1.23. The Labute approximate surface area is 132 Å². The Bertz CT molecular complexity index is 355. The Morgan fingerprint density at radius 2 is 1.85 bits per heavy atom. The third kappa shape index (κ3) is 8.72. The van der Waals surface area contributed by atoms with Gasteiger partial charge in [-0.05, 0) is 43.5 Å². The zero-order valence-electron chi connectivity index (χ0n) is 12.8. The number of halogens is 1. The van der Waals surface area contributed by atoms with Crippen molar-refractivity contribution >= 4 is 15.9 Å². The van der Waals surface area contributed by atoms with Crippen molar-refractivity contribution in [2.24, 2.45) is 5.92 Å². The van der Waals surface area contributed by atoms with Crippen molar-refractivity contribution < 1.29 is 4.74 Å². The highest BCUT2D eigenvalue weighted by molar-refractivity contribution is 9.10. The van der Waals surface area contributed by atoms with Crippen LogP contribution in [0.4, 0.5) is 0 Å². The number of rotatable bonds is 11. The second-order valence-corrected chi connectivity index (χ2v) is 6.51. The van der Waals surface area contributed by atoms with Gasteiger partial charge in [0.15, 0.2) is 0 Å². The lowest BCUT2D eigenvalue weighted by molar-refractivity contribution is 0.116. The summed E-state index contributed by atoms with van der Waals surface area (Å²) in [7, 11) is 0. The van der Waals surface area contributed by atoms with Crippen molar-refractivity contribution in [2.75, 3.05) is 19.7 Å². The van der Waals surface area contributed by atoms with Gasteiger partial charge in [0.1, 0.15) is 0 Å². The lowest BCUT2D eigenvalue weighted by atomic mass is 10.2. The molecule has 0 heterocycles. The van der Waals surface area contributed by atoms with Gasteiger partial charge in [-0.2, -0.15) is 0 Å². The van der Waals surface area contributed by atoms with Gasteiger partial charge in [-0.25, -0.2) is 0 Å². The molecule has 1 N–H and O–H groups in total. The molecular formula is C17H28BrNO. The highest BCUT2D eigenvalue weighted by Gasteiger charge is 1.98. The van der Waals surface area contributed by atoms with Crippen LogP contribution in [0.1, 0.15) is 45.1 Å². The van der Waals surface area contributed by atoms with E-state index in [4.69, 9.17) is 4.74 Å². The Morgan fingerprint density at radius 1 is 1.10 bits per heavy atom. The van der Waals surface area contributed by atoms with Gasteiger partial charge in [-0.1, -0.05) is 60.8 Å². The van der Waals surface area contributed by atoms with Crippen LogP contribution >= 0.6 is 15.9 Å². The van der Waals surface area contributed by atoms with Crippen molar-refractivity contribution in [3.05, 3.63) is 34.3 Å². The third-order valence-corrected chi connectivity index (χ3v) is 3.93. The van der Waals surface area contributed by atoms with Gasteiger partial charge < -0.3 is 10.1 Å². The van der Waals surface area contributed by atoms with E-state index in [0.717, 1.165) is 36.5 Å². The number of nitrogens with one attached hydrogen (secondary N) is 1. The molecule has 0 aliphatic rings. The van der Waals surface area contributed by atoms with Gasteiger partial charge >= 0.3 is 0 Å². The molecule has 0 saturated carbocycles. The summed E-state index contributed by atoms with van der Waals surface area (Å²) in [5.74, 6) is 0.751. The van der Waals surface area contributed by atoms with Crippen LogP contribution < -0.4 is 5.32 Å². The summed E-state index contributed by atoms with van der Waals surface area (Å²) < 4.78 is 6.85. The first-order valence-corrected chi connectivity index (χ1v) is 8.51. The second-order valence-electron chi connectivity index (χ2n) is 5.66. The fourth-order valence-electron chi connectivity index (χ4n) is 2.00. The molecule has 2 nitrogen and oxygen atoms in total. The second kappa shape index (κ2) is 11.3. The Morgan fingerprint density at radius 3 is 2.60 bits per heavy atom. The molecule has 0 aliphatic carbocycles. The van der Waals surface area contributed by atoms with Gasteiger partial charge in [-0.3, -0.25) is 0 Å². The van der Waals surface area contributed by atoms with Gasteiger partial charge in [0, 0.05) is 11.1 Å². The van der Waals surface area contributed by atoms with Gasteiger partial charge in [0.25, 0.3) is 0 Å². The first-order valence-electron chi connectivity index (χ1n) is 7.72. The Balaban J connectivity index is 1.89. The van der Waals surface area contributed by atoms with Gasteiger partial charge in [-0.15, -0.1) is 0 Å². The minimum atomic E-state index is 0.706. The van der Waals surface area contributed by atoms with E-state index in [1.54, 1.807) is 0 Å². The monoisotopic (exact) mass is 341 g/mol. The van der Waals surface area contributed by atoms with Crippen molar-refractivity contribution in [1.29, 1.82) is 0 Å². The van der Waals surface area contributed by atoms with Crippen LogP contribution in [0, 0.1) is 5.92 Å². The maximum absolute atomic E-state index is 5.71. The topological polar surface area (TPSA) is 21.3 Å². The quantitative estimate of drug-likeness (QED) is 0.585. The van der Waals surface area contributed by atoms with E-state index in [1.807, 2.05) is 12.1 Å². The molecule has 1 aromatic rings. The summed E-state index contributed by atoms with van der Waals surface area (Å²) >= 11 is 3.54. The smallest absolute Gasteiger partial charge is 0.0727 e. The molecule has 0 aliphatic heterocycles. The van der Waals surface area contributed by atoms with Crippen LogP contribution in [0.25, 0.3) is 0 Å². The summed E-state index contributed by atoms with van der Waals surface area (Å²) in [5, 5.41) is 3.48. The summed E-state index contributed by atoms with van der Waals surface area (Å²) in [6, 6.07) is 8.24. The molecule has 0 bridgehead atoms. The lowest BCUT2D eigenvalue weighted by Crippen LogP contribution is -2.20. The molecule has 0 atom stereocenters. The highest BCUT2D eigenvalue weighted by atomic mass is 79.9. The molecule has 0 radical (unpaired) electrons. The average Bonchev–Trinajstić information content (AvgIpc) is 2.42. The SMILES string of the molecule is CC(C)CNCCCCCCOCc1ccccc1Br. The van der Waals surface area contributed by atoms with Gasteiger partial charge in [0.05, 0.1) is 6.61 Å². The van der Waals surface area contributed by atoms with E-state index in [0.29, 0.717) is 6.61 Å². The zero-order valence-corrected chi connectivity index (χ0v) is 14.4. The minimum absolute atomic E-state index is 0.706. The normalized spacial score (nSPS) is 11.2. The van der Waals surface area contributed by atoms with Crippen molar-refractivity contribution in [1.82, 2.24) is 5.32 Å². The van der Waals surface area contributed by atoms with Crippen molar-refractivity contribution in [2.45, 2.75) is 46.1 Å². The van der Waals surface area contributed by atoms with Crippen LogP contribution in [0.5, 0.6) is 0 Å². The molecule has 0 amide bonds. The number of hydrogen-bond acceptors (Lipinski definition) is 2. The molecule has 0 fully saturated rings. The third-order valence-electron chi connectivity index (χ3n) is 3.16. The van der Waals surface area contributed by atoms with Crippen molar-refractivity contribution in [3.63, 3.8) is 0 Å².